The van der Waals surface area contributed by atoms with Crippen LogP contribution < -0.4 is 20.7 Å². The Morgan fingerprint density at radius 1 is 1.05 bits per heavy atom. The van der Waals surface area contributed by atoms with Gasteiger partial charge in [0.1, 0.15) is 23.9 Å². The number of benzene rings is 2. The molecule has 2 aromatic rings. The molecule has 0 saturated carbocycles. The summed E-state index contributed by atoms with van der Waals surface area (Å²) in [5.74, 6) is -0.883. The van der Waals surface area contributed by atoms with Crippen LogP contribution in [-0.4, -0.2) is 66.1 Å². The summed E-state index contributed by atoms with van der Waals surface area (Å²) < 4.78 is 6.39. The molecule has 204 valence electrons. The number of hydrogen-bond donors (Lipinski definition) is 4. The lowest BCUT2D eigenvalue weighted by Crippen LogP contribution is -2.59. The molecular weight excluding hydrogens is 484 g/mol. The third-order valence-corrected chi connectivity index (χ3v) is 6.26. The Morgan fingerprint density at radius 2 is 1.76 bits per heavy atom. The number of aliphatic hydroxyl groups excluding tert-OH is 1. The van der Waals surface area contributed by atoms with Gasteiger partial charge in [0.25, 0.3) is 0 Å². The van der Waals surface area contributed by atoms with Gasteiger partial charge in [-0.1, -0.05) is 56.3 Å². The molecule has 1 aliphatic heterocycles. The van der Waals surface area contributed by atoms with Crippen LogP contribution in [0.1, 0.15) is 44.4 Å². The van der Waals surface area contributed by atoms with Crippen molar-refractivity contribution in [2.75, 3.05) is 14.1 Å². The zero-order valence-corrected chi connectivity index (χ0v) is 22.5. The number of likely N-dealkylation sites (N-methyl/N-ethyl adjacent to an activating group) is 1. The predicted octanol–water partition coefficient (Wildman–Crippen LogP) is 2.23. The molecule has 5 atom stereocenters. The van der Waals surface area contributed by atoms with Crippen molar-refractivity contribution in [2.24, 2.45) is 5.92 Å². The van der Waals surface area contributed by atoms with Crippen LogP contribution in [0.5, 0.6) is 5.75 Å². The number of amides is 3. The SMILES string of the molecule is CC(C)CC1NC(=O)C(NC(=O)C(C(C)O)N(C)C)C(c2ccccc2)Oc2cccc(c2)C=CNC1=O. The molecule has 0 aromatic heterocycles. The van der Waals surface area contributed by atoms with E-state index in [4.69, 9.17) is 4.74 Å². The van der Waals surface area contributed by atoms with Crippen LogP contribution in [0.2, 0.25) is 0 Å². The van der Waals surface area contributed by atoms with Crippen molar-refractivity contribution < 1.29 is 24.2 Å². The number of nitrogens with one attached hydrogen (secondary N) is 3. The van der Waals surface area contributed by atoms with Crippen molar-refractivity contribution in [3.05, 3.63) is 71.9 Å². The van der Waals surface area contributed by atoms with E-state index in [1.54, 1.807) is 37.2 Å². The lowest BCUT2D eigenvalue weighted by Gasteiger charge is -2.33. The van der Waals surface area contributed by atoms with Crippen LogP contribution in [-0.2, 0) is 14.4 Å². The minimum absolute atomic E-state index is 0.114. The Hall–Kier alpha value is -3.69. The number of fused-ring (bicyclic) bond motifs is 2. The number of ether oxygens (including phenoxy) is 1. The summed E-state index contributed by atoms with van der Waals surface area (Å²) in [6, 6.07) is 13.4. The number of hydrogen-bond acceptors (Lipinski definition) is 6. The van der Waals surface area contributed by atoms with Crippen molar-refractivity contribution in [2.45, 2.75) is 57.5 Å². The smallest absolute Gasteiger partial charge is 0.247 e. The first kappa shape index (κ1) is 28.9. The molecule has 3 rings (SSSR count). The van der Waals surface area contributed by atoms with Gasteiger partial charge in [0.05, 0.1) is 6.10 Å². The first-order valence-corrected chi connectivity index (χ1v) is 12.8. The van der Waals surface area contributed by atoms with Gasteiger partial charge in [-0.2, -0.15) is 0 Å². The summed E-state index contributed by atoms with van der Waals surface area (Å²) >= 11 is 0. The monoisotopic (exact) mass is 522 g/mol. The average Bonchev–Trinajstić information content (AvgIpc) is 2.85. The highest BCUT2D eigenvalue weighted by molar-refractivity contribution is 5.94. The fraction of sp³-hybridized carbons (Fsp3) is 0.414. The van der Waals surface area contributed by atoms with Crippen molar-refractivity contribution in [3.63, 3.8) is 0 Å². The predicted molar refractivity (Wildman–Crippen MR) is 146 cm³/mol. The van der Waals surface area contributed by atoms with Crippen molar-refractivity contribution in [1.82, 2.24) is 20.9 Å². The summed E-state index contributed by atoms with van der Waals surface area (Å²) in [7, 11) is 3.35. The van der Waals surface area contributed by atoms with E-state index in [0.717, 1.165) is 5.56 Å². The molecule has 1 aliphatic rings. The largest absolute Gasteiger partial charge is 0.483 e. The minimum atomic E-state index is -1.22. The molecule has 0 fully saturated rings. The Kier molecular flexibility index (Phi) is 10.0. The second kappa shape index (κ2) is 13.2. The second-order valence-electron chi connectivity index (χ2n) is 10.2. The van der Waals surface area contributed by atoms with Gasteiger partial charge in [0.2, 0.25) is 17.7 Å². The summed E-state index contributed by atoms with van der Waals surface area (Å²) in [6.45, 7) is 5.43. The van der Waals surface area contributed by atoms with Crippen LogP contribution in [0, 0.1) is 5.92 Å². The highest BCUT2D eigenvalue weighted by Gasteiger charge is 2.38. The molecule has 5 unspecified atom stereocenters. The van der Waals surface area contributed by atoms with Crippen molar-refractivity contribution in [1.29, 1.82) is 0 Å². The topological polar surface area (TPSA) is 120 Å². The van der Waals surface area contributed by atoms with Gasteiger partial charge < -0.3 is 25.8 Å². The van der Waals surface area contributed by atoms with Gasteiger partial charge in [-0.3, -0.25) is 19.3 Å². The van der Waals surface area contributed by atoms with E-state index in [1.807, 2.05) is 56.3 Å². The number of aliphatic hydroxyl groups is 1. The van der Waals surface area contributed by atoms with Crippen molar-refractivity contribution in [3.8, 4) is 5.75 Å². The van der Waals surface area contributed by atoms with E-state index in [0.29, 0.717) is 17.7 Å². The third-order valence-electron chi connectivity index (χ3n) is 6.26. The number of rotatable bonds is 7. The van der Waals surface area contributed by atoms with Gasteiger partial charge in [-0.25, -0.2) is 0 Å². The van der Waals surface area contributed by atoms with Crippen LogP contribution >= 0.6 is 0 Å². The lowest BCUT2D eigenvalue weighted by molar-refractivity contribution is -0.137. The van der Waals surface area contributed by atoms with Crippen LogP contribution in [0.4, 0.5) is 0 Å². The van der Waals surface area contributed by atoms with Gasteiger partial charge >= 0.3 is 0 Å². The maximum atomic E-state index is 13.9. The Bertz CT molecular complexity index is 1120. The quantitative estimate of drug-likeness (QED) is 0.443. The molecule has 0 spiro atoms. The lowest BCUT2D eigenvalue weighted by atomic mass is 9.98. The highest BCUT2D eigenvalue weighted by atomic mass is 16.5. The molecule has 0 radical (unpaired) electrons. The maximum absolute atomic E-state index is 13.9. The zero-order valence-electron chi connectivity index (χ0n) is 22.5. The van der Waals surface area contributed by atoms with Crippen molar-refractivity contribution >= 4 is 23.8 Å². The molecule has 2 aromatic carbocycles. The second-order valence-corrected chi connectivity index (χ2v) is 10.2. The van der Waals surface area contributed by atoms with E-state index in [-0.39, 0.29) is 11.8 Å². The molecule has 38 heavy (non-hydrogen) atoms. The Labute approximate surface area is 224 Å². The molecule has 0 aliphatic carbocycles. The summed E-state index contributed by atoms with van der Waals surface area (Å²) in [5.41, 5.74) is 1.45. The molecule has 4 N–H and O–H groups in total. The molecular formula is C29H38N4O5. The van der Waals surface area contributed by atoms with Crippen LogP contribution in [0.25, 0.3) is 6.08 Å². The molecule has 3 amide bonds. The van der Waals surface area contributed by atoms with E-state index < -0.39 is 42.1 Å². The van der Waals surface area contributed by atoms with E-state index in [2.05, 4.69) is 16.0 Å². The Balaban J connectivity index is 2.12. The third kappa shape index (κ3) is 7.66. The van der Waals surface area contributed by atoms with Crippen LogP contribution in [0.15, 0.2) is 60.8 Å². The van der Waals surface area contributed by atoms with Gasteiger partial charge in [-0.05, 0) is 62.7 Å². The fourth-order valence-electron chi connectivity index (χ4n) is 4.50. The Morgan fingerprint density at radius 3 is 2.39 bits per heavy atom. The van der Waals surface area contributed by atoms with Crippen LogP contribution in [0.3, 0.4) is 0 Å². The fourth-order valence-corrected chi connectivity index (χ4v) is 4.50. The van der Waals surface area contributed by atoms with E-state index in [9.17, 15) is 19.5 Å². The molecule has 9 nitrogen and oxygen atoms in total. The van der Waals surface area contributed by atoms with Gasteiger partial charge in [-0.15, -0.1) is 0 Å². The normalized spacial score (nSPS) is 21.7. The van der Waals surface area contributed by atoms with E-state index >= 15 is 0 Å². The first-order valence-electron chi connectivity index (χ1n) is 12.8. The molecule has 9 heteroatoms. The average molecular weight is 523 g/mol. The standard InChI is InChI=1S/C29H38N4O5/c1-18(2)16-23-27(35)30-15-14-20-10-9-13-22(17-20)38-26(21-11-7-6-8-12-21)24(28(36)31-23)32-29(37)25(19(3)34)33(4)5/h6-15,17-19,23-26,34H,16H2,1-5H3,(H,30,35)(H,31,36)(H,32,37). The number of carbonyl (C=O) groups excluding carboxylic acids is 3. The summed E-state index contributed by atoms with van der Waals surface area (Å²) in [6.07, 6.45) is 1.75. The highest BCUT2D eigenvalue weighted by Crippen LogP contribution is 2.27. The summed E-state index contributed by atoms with van der Waals surface area (Å²) in [4.78, 5) is 41.9. The molecule has 1 heterocycles. The van der Waals surface area contributed by atoms with E-state index in [1.165, 1.54) is 13.1 Å². The molecule has 2 bridgehead atoms. The first-order chi connectivity index (χ1) is 18.1. The van der Waals surface area contributed by atoms with Gasteiger partial charge in [0, 0.05) is 6.20 Å². The zero-order chi connectivity index (χ0) is 27.8. The summed E-state index contributed by atoms with van der Waals surface area (Å²) in [5, 5.41) is 18.7. The maximum Gasteiger partial charge on any atom is 0.247 e. The number of carbonyl (C=O) groups is 3. The van der Waals surface area contributed by atoms with Gasteiger partial charge in [0.15, 0.2) is 6.10 Å². The number of nitrogens with zero attached hydrogens (tertiary/aromatic N) is 1. The minimum Gasteiger partial charge on any atom is -0.483 e. The molecule has 0 saturated heterocycles.